The molecule has 0 bridgehead atoms. The summed E-state index contributed by atoms with van der Waals surface area (Å²) in [6, 6.07) is 3.86. The molecule has 0 saturated carbocycles. The van der Waals surface area contributed by atoms with Gasteiger partial charge in [-0.2, -0.15) is 30.7 Å². The first kappa shape index (κ1) is 21.4. The standard InChI is InChI=1S/C16H12F8N2O2/c17-13(7-3-1-5-9(25)11(7)27,8-4-2-6-10(26)12(8)28)14(18,19)15(20,21)16(22,23)24/h1-6,27-28H,25-26H2. The predicted octanol–water partition coefficient (Wildman–Crippen LogP) is 4.31. The molecule has 2 rings (SSSR count). The summed E-state index contributed by atoms with van der Waals surface area (Å²) in [6.07, 6.45) is -6.88. The number of alkyl halides is 8. The normalized spacial score (nSPS) is 13.6. The molecule has 0 aliphatic rings. The third-order valence-electron chi connectivity index (χ3n) is 4.06. The Bertz CT molecular complexity index is 847. The highest BCUT2D eigenvalue weighted by atomic mass is 19.4. The Balaban J connectivity index is 3.00. The van der Waals surface area contributed by atoms with E-state index in [4.69, 9.17) is 11.5 Å². The number of anilines is 2. The van der Waals surface area contributed by atoms with Crippen LogP contribution in [0, 0.1) is 0 Å². The third-order valence-corrected chi connectivity index (χ3v) is 4.06. The first-order valence-corrected chi connectivity index (χ1v) is 7.27. The molecule has 2 aromatic carbocycles. The smallest absolute Gasteiger partial charge is 0.460 e. The van der Waals surface area contributed by atoms with Crippen molar-refractivity contribution < 1.29 is 45.3 Å². The van der Waals surface area contributed by atoms with Crippen molar-refractivity contribution in [1.82, 2.24) is 0 Å². The number of nitrogen functional groups attached to an aromatic ring is 2. The van der Waals surface area contributed by atoms with Crippen LogP contribution in [0.2, 0.25) is 0 Å². The molecule has 0 heterocycles. The second-order valence-corrected chi connectivity index (χ2v) is 5.79. The zero-order valence-corrected chi connectivity index (χ0v) is 13.5. The summed E-state index contributed by atoms with van der Waals surface area (Å²) >= 11 is 0. The topological polar surface area (TPSA) is 92.5 Å². The zero-order chi connectivity index (χ0) is 21.7. The molecule has 154 valence electrons. The van der Waals surface area contributed by atoms with E-state index >= 15 is 4.39 Å². The zero-order valence-electron chi connectivity index (χ0n) is 13.5. The summed E-state index contributed by atoms with van der Waals surface area (Å²) in [4.78, 5) is 0. The van der Waals surface area contributed by atoms with Crippen LogP contribution in [0.4, 0.5) is 46.5 Å². The monoisotopic (exact) mass is 416 g/mol. The second-order valence-electron chi connectivity index (χ2n) is 5.79. The Labute approximate surface area is 152 Å². The van der Waals surface area contributed by atoms with E-state index in [1.54, 1.807) is 0 Å². The van der Waals surface area contributed by atoms with Gasteiger partial charge >= 0.3 is 18.0 Å². The first-order chi connectivity index (χ1) is 12.6. The highest BCUT2D eigenvalue weighted by Gasteiger charge is 2.81. The van der Waals surface area contributed by atoms with E-state index in [2.05, 4.69) is 0 Å². The molecule has 0 unspecified atom stereocenters. The third kappa shape index (κ3) is 2.74. The Morgan fingerprint density at radius 1 is 0.607 bits per heavy atom. The van der Waals surface area contributed by atoms with Crippen molar-refractivity contribution in [2.75, 3.05) is 11.5 Å². The second kappa shape index (κ2) is 6.31. The lowest BCUT2D eigenvalue weighted by atomic mass is 9.78. The Morgan fingerprint density at radius 2 is 0.964 bits per heavy atom. The quantitative estimate of drug-likeness (QED) is 0.340. The molecule has 28 heavy (non-hydrogen) atoms. The van der Waals surface area contributed by atoms with Gasteiger partial charge in [0.25, 0.3) is 0 Å². The van der Waals surface area contributed by atoms with Crippen molar-refractivity contribution in [2.24, 2.45) is 0 Å². The van der Waals surface area contributed by atoms with E-state index in [0.29, 0.717) is 12.1 Å². The average Bonchev–Trinajstić information content (AvgIpc) is 2.57. The minimum Gasteiger partial charge on any atom is -0.505 e. The van der Waals surface area contributed by atoms with Crippen molar-refractivity contribution in [3.63, 3.8) is 0 Å². The van der Waals surface area contributed by atoms with Gasteiger partial charge in [0.15, 0.2) is 0 Å². The van der Waals surface area contributed by atoms with Crippen molar-refractivity contribution in [1.29, 1.82) is 0 Å². The molecule has 0 aromatic heterocycles. The lowest BCUT2D eigenvalue weighted by Gasteiger charge is -2.39. The molecule has 0 saturated heterocycles. The van der Waals surface area contributed by atoms with Gasteiger partial charge in [-0.05, 0) is 12.1 Å². The molecule has 12 heteroatoms. The lowest BCUT2D eigenvalue weighted by Crippen LogP contribution is -2.61. The van der Waals surface area contributed by atoms with Crippen LogP contribution < -0.4 is 11.5 Å². The van der Waals surface area contributed by atoms with Crippen molar-refractivity contribution in [2.45, 2.75) is 23.7 Å². The first-order valence-electron chi connectivity index (χ1n) is 7.27. The van der Waals surface area contributed by atoms with E-state index in [0.717, 1.165) is 24.3 Å². The van der Waals surface area contributed by atoms with Crippen LogP contribution in [0.3, 0.4) is 0 Å². The van der Waals surface area contributed by atoms with E-state index < -0.39 is 57.7 Å². The SMILES string of the molecule is Nc1cccc(C(F)(c2cccc(N)c2O)C(F)(F)C(F)(F)C(F)(F)F)c1O. The van der Waals surface area contributed by atoms with Gasteiger partial charge < -0.3 is 21.7 Å². The summed E-state index contributed by atoms with van der Waals surface area (Å²) in [5.74, 6) is -16.5. The number of benzene rings is 2. The van der Waals surface area contributed by atoms with Gasteiger partial charge in [0.05, 0.1) is 11.4 Å². The molecule has 0 spiro atoms. The van der Waals surface area contributed by atoms with Crippen LogP contribution in [-0.4, -0.2) is 28.2 Å². The minimum absolute atomic E-state index is 0.328. The summed E-state index contributed by atoms with van der Waals surface area (Å²) in [5.41, 5.74) is 0.401. The van der Waals surface area contributed by atoms with Crippen LogP contribution in [0.15, 0.2) is 36.4 Å². The van der Waals surface area contributed by atoms with Crippen LogP contribution in [0.5, 0.6) is 11.5 Å². The molecular formula is C16H12F8N2O2. The van der Waals surface area contributed by atoms with Gasteiger partial charge in [-0.25, -0.2) is 4.39 Å². The Morgan fingerprint density at radius 3 is 1.29 bits per heavy atom. The number of phenols is 2. The maximum Gasteiger partial charge on any atom is 0.460 e. The minimum atomic E-state index is -6.91. The fourth-order valence-corrected chi connectivity index (χ4v) is 2.56. The number of halogens is 8. The van der Waals surface area contributed by atoms with Crippen molar-refractivity contribution in [3.05, 3.63) is 47.5 Å². The highest BCUT2D eigenvalue weighted by Crippen LogP contribution is 2.61. The number of hydrogen-bond acceptors (Lipinski definition) is 4. The maximum atomic E-state index is 15.8. The molecule has 2 aromatic rings. The lowest BCUT2D eigenvalue weighted by molar-refractivity contribution is -0.377. The molecule has 0 radical (unpaired) electrons. The number of phenolic OH excluding ortho intramolecular Hbond substituents is 2. The van der Waals surface area contributed by atoms with Gasteiger partial charge in [0.1, 0.15) is 11.5 Å². The van der Waals surface area contributed by atoms with Gasteiger partial charge in [0.2, 0.25) is 5.67 Å². The molecule has 0 fully saturated rings. The summed E-state index contributed by atoms with van der Waals surface area (Å²) in [7, 11) is 0. The number of hydrogen-bond donors (Lipinski definition) is 4. The van der Waals surface area contributed by atoms with Crippen molar-refractivity contribution >= 4 is 11.4 Å². The van der Waals surface area contributed by atoms with E-state index in [1.807, 2.05) is 0 Å². The van der Waals surface area contributed by atoms with Gasteiger partial charge in [-0.3, -0.25) is 0 Å². The van der Waals surface area contributed by atoms with Crippen LogP contribution in [0.25, 0.3) is 0 Å². The number of nitrogens with two attached hydrogens (primary N) is 2. The van der Waals surface area contributed by atoms with E-state index in [9.17, 15) is 40.9 Å². The fourth-order valence-electron chi connectivity index (χ4n) is 2.56. The van der Waals surface area contributed by atoms with Crippen molar-refractivity contribution in [3.8, 4) is 11.5 Å². The molecule has 4 nitrogen and oxygen atoms in total. The Kier molecular flexibility index (Phi) is 4.82. The molecule has 0 aliphatic heterocycles. The predicted molar refractivity (Wildman–Crippen MR) is 82.9 cm³/mol. The van der Waals surface area contributed by atoms with E-state index in [1.165, 1.54) is 0 Å². The largest absolute Gasteiger partial charge is 0.505 e. The summed E-state index contributed by atoms with van der Waals surface area (Å²) < 4.78 is 110. The van der Waals surface area contributed by atoms with Gasteiger partial charge in [-0.1, -0.05) is 24.3 Å². The average molecular weight is 416 g/mol. The molecule has 0 aliphatic carbocycles. The molecule has 0 atom stereocenters. The number of rotatable bonds is 4. The summed E-state index contributed by atoms with van der Waals surface area (Å²) in [6.45, 7) is 0. The number of para-hydroxylation sites is 2. The van der Waals surface area contributed by atoms with Gasteiger partial charge in [-0.15, -0.1) is 0 Å². The summed E-state index contributed by atoms with van der Waals surface area (Å²) in [5, 5.41) is 19.7. The fraction of sp³-hybridized carbons (Fsp3) is 0.250. The van der Waals surface area contributed by atoms with Crippen LogP contribution in [0.1, 0.15) is 11.1 Å². The molecule has 6 N–H and O–H groups in total. The molecule has 0 amide bonds. The maximum absolute atomic E-state index is 15.8. The van der Waals surface area contributed by atoms with Gasteiger partial charge in [0, 0.05) is 11.1 Å². The Hall–Kier alpha value is -2.92. The molecular weight excluding hydrogens is 404 g/mol. The number of aromatic hydroxyl groups is 2. The van der Waals surface area contributed by atoms with Crippen LogP contribution >= 0.6 is 0 Å². The van der Waals surface area contributed by atoms with Crippen LogP contribution in [-0.2, 0) is 5.67 Å². The highest BCUT2D eigenvalue weighted by molar-refractivity contribution is 5.65. The van der Waals surface area contributed by atoms with E-state index in [-0.39, 0.29) is 0 Å².